The van der Waals surface area contributed by atoms with Crippen LogP contribution in [-0.4, -0.2) is 5.78 Å². The number of allylic oxidation sites excluding steroid dienone is 3. The topological polar surface area (TPSA) is 79.3 Å². The average molecular weight is 603 g/mol. The summed E-state index contributed by atoms with van der Waals surface area (Å²) in [6, 6.07) is 19.8. The van der Waals surface area contributed by atoms with Crippen molar-refractivity contribution in [3.63, 3.8) is 0 Å². The predicted octanol–water partition coefficient (Wildman–Crippen LogP) is 7.91. The number of halogens is 2. The van der Waals surface area contributed by atoms with Gasteiger partial charge in [-0.25, -0.2) is 0 Å². The Kier molecular flexibility index (Phi) is 7.57. The van der Waals surface area contributed by atoms with Crippen molar-refractivity contribution < 1.29 is 9.53 Å². The fourth-order valence-electron chi connectivity index (χ4n) is 5.65. The van der Waals surface area contributed by atoms with Crippen LogP contribution in [-0.2, 0) is 11.4 Å². The van der Waals surface area contributed by atoms with Crippen LogP contribution >= 0.6 is 27.5 Å². The van der Waals surface area contributed by atoms with E-state index in [-0.39, 0.29) is 5.78 Å². The van der Waals surface area contributed by atoms with E-state index in [1.54, 1.807) is 0 Å². The fraction of sp³-hybridized carbons (Fsp3) is 0.250. The molecule has 2 N–H and O–H groups in total. The highest BCUT2D eigenvalue weighted by Gasteiger charge is 2.41. The Morgan fingerprint density at radius 1 is 1.13 bits per heavy atom. The lowest BCUT2D eigenvalue weighted by Crippen LogP contribution is -2.39. The zero-order chi connectivity index (χ0) is 27.8. The highest BCUT2D eigenvalue weighted by atomic mass is 79.9. The molecule has 5 nitrogen and oxygen atoms in total. The van der Waals surface area contributed by atoms with Crippen LogP contribution in [0.3, 0.4) is 0 Å². The van der Waals surface area contributed by atoms with Gasteiger partial charge >= 0.3 is 0 Å². The number of para-hydroxylation sites is 1. The molecule has 1 heterocycles. The number of carbonyl (C=O) groups is 1. The molecule has 0 fully saturated rings. The highest BCUT2D eigenvalue weighted by molar-refractivity contribution is 9.10. The van der Waals surface area contributed by atoms with Gasteiger partial charge in [0, 0.05) is 27.2 Å². The molecule has 0 saturated heterocycles. The molecule has 39 heavy (non-hydrogen) atoms. The summed E-state index contributed by atoms with van der Waals surface area (Å²) in [6.07, 6.45) is 1.90. The second kappa shape index (κ2) is 10.9. The number of hydrogen-bond acceptors (Lipinski definition) is 5. The van der Waals surface area contributed by atoms with Crippen molar-refractivity contribution in [1.82, 2.24) is 0 Å². The minimum absolute atomic E-state index is 0.0639. The molecule has 3 aromatic carbocycles. The number of Topliss-reactive ketones (excluding diaryl/α,β-unsaturated/α-hetero) is 1. The van der Waals surface area contributed by atoms with Crippen LogP contribution in [0.2, 0.25) is 5.02 Å². The SMILES string of the molecule is Cc1cc(COc2ccc(Cl)cc2C)c(C)c(C2C(C#N)=C(N)N(c3ccccc3Br)C3=C2C(=O)CCC3)c1. The van der Waals surface area contributed by atoms with Gasteiger partial charge in [0.15, 0.2) is 5.78 Å². The molecule has 0 aromatic heterocycles. The van der Waals surface area contributed by atoms with E-state index in [2.05, 4.69) is 34.1 Å². The van der Waals surface area contributed by atoms with Gasteiger partial charge in [-0.05, 0) is 102 Å². The molecule has 0 saturated carbocycles. The van der Waals surface area contributed by atoms with E-state index in [4.69, 9.17) is 22.1 Å². The Hall–Kier alpha value is -3.53. The van der Waals surface area contributed by atoms with E-state index in [0.717, 1.165) is 55.8 Å². The smallest absolute Gasteiger partial charge is 0.161 e. The van der Waals surface area contributed by atoms with Gasteiger partial charge in [0.2, 0.25) is 0 Å². The van der Waals surface area contributed by atoms with Crippen molar-refractivity contribution in [3.05, 3.63) is 115 Å². The second-order valence-corrected chi connectivity index (χ2v) is 11.4. The van der Waals surface area contributed by atoms with Gasteiger partial charge in [0.25, 0.3) is 0 Å². The van der Waals surface area contributed by atoms with Crippen LogP contribution in [0.4, 0.5) is 5.69 Å². The summed E-state index contributed by atoms with van der Waals surface area (Å²) in [7, 11) is 0. The van der Waals surface area contributed by atoms with E-state index in [0.29, 0.717) is 41.4 Å². The zero-order valence-corrected chi connectivity index (χ0v) is 24.5. The predicted molar refractivity (Wildman–Crippen MR) is 159 cm³/mol. The van der Waals surface area contributed by atoms with Crippen molar-refractivity contribution in [2.24, 2.45) is 5.73 Å². The number of aryl methyl sites for hydroxylation is 2. The lowest BCUT2D eigenvalue weighted by Gasteiger charge is -2.40. The molecule has 1 atom stereocenters. The Balaban J connectivity index is 1.64. The first kappa shape index (κ1) is 27.1. The van der Waals surface area contributed by atoms with Gasteiger partial charge in [0.05, 0.1) is 23.2 Å². The maximum Gasteiger partial charge on any atom is 0.161 e. The number of rotatable bonds is 5. The van der Waals surface area contributed by atoms with Crippen LogP contribution < -0.4 is 15.4 Å². The molecule has 7 heteroatoms. The second-order valence-electron chi connectivity index (χ2n) is 10.1. The van der Waals surface area contributed by atoms with Gasteiger partial charge in [-0.3, -0.25) is 9.69 Å². The molecule has 2 aliphatic rings. The number of anilines is 1. The number of carbonyl (C=O) groups excluding carboxylic acids is 1. The maximum absolute atomic E-state index is 13.6. The molecule has 3 aromatic rings. The molecule has 5 rings (SSSR count). The average Bonchev–Trinajstić information content (AvgIpc) is 2.90. The van der Waals surface area contributed by atoms with E-state index in [9.17, 15) is 10.1 Å². The number of benzene rings is 3. The van der Waals surface area contributed by atoms with E-state index in [1.165, 1.54) is 0 Å². The number of nitrogens with two attached hydrogens (primary N) is 1. The number of hydrogen-bond donors (Lipinski definition) is 1. The van der Waals surface area contributed by atoms with Crippen LogP contribution in [0.5, 0.6) is 5.75 Å². The van der Waals surface area contributed by atoms with Crippen LogP contribution in [0.25, 0.3) is 0 Å². The Bertz CT molecular complexity index is 1600. The van der Waals surface area contributed by atoms with Gasteiger partial charge in [0.1, 0.15) is 18.2 Å². The number of nitrogens with zero attached hydrogens (tertiary/aromatic N) is 2. The summed E-state index contributed by atoms with van der Waals surface area (Å²) in [5, 5.41) is 11.1. The maximum atomic E-state index is 13.6. The first-order valence-corrected chi connectivity index (χ1v) is 14.1. The largest absolute Gasteiger partial charge is 0.489 e. The van der Waals surface area contributed by atoms with Gasteiger partial charge in [-0.1, -0.05) is 41.4 Å². The summed E-state index contributed by atoms with van der Waals surface area (Å²) < 4.78 is 7.04. The molecular weight excluding hydrogens is 574 g/mol. The van der Waals surface area contributed by atoms with Gasteiger partial charge < -0.3 is 10.5 Å². The van der Waals surface area contributed by atoms with Crippen LogP contribution in [0.1, 0.15) is 53.0 Å². The fourth-order valence-corrected chi connectivity index (χ4v) is 6.34. The van der Waals surface area contributed by atoms with Crippen LogP contribution in [0, 0.1) is 32.1 Å². The number of ether oxygens (including phenoxy) is 1. The molecule has 1 aliphatic carbocycles. The normalized spacial score (nSPS) is 17.3. The molecular formula is C32H29BrClN3O2. The van der Waals surface area contributed by atoms with Crippen molar-refractivity contribution >= 4 is 39.0 Å². The molecule has 198 valence electrons. The van der Waals surface area contributed by atoms with Crippen molar-refractivity contribution in [2.75, 3.05) is 4.90 Å². The minimum Gasteiger partial charge on any atom is -0.489 e. The van der Waals surface area contributed by atoms with Crippen LogP contribution in [0.15, 0.2) is 81.7 Å². The summed E-state index contributed by atoms with van der Waals surface area (Å²) in [6.45, 7) is 6.36. The first-order valence-electron chi connectivity index (χ1n) is 12.9. The summed E-state index contributed by atoms with van der Waals surface area (Å²) in [5.41, 5.74) is 14.4. The standard InChI is InChI=1S/C32H29BrClN3O2/c1-18-13-21(17-39-29-12-11-22(34)15-19(29)2)20(3)23(14-18)30-24(16-35)32(36)37(26-8-5-4-7-25(26)33)27-9-6-10-28(38)31(27)30/h4-5,7-8,11-15,30H,6,9-10,17,36H2,1-3H3. The summed E-state index contributed by atoms with van der Waals surface area (Å²) in [5.74, 6) is 0.651. The first-order chi connectivity index (χ1) is 18.7. The third-order valence-electron chi connectivity index (χ3n) is 7.54. The Morgan fingerprint density at radius 3 is 2.62 bits per heavy atom. The molecule has 0 radical (unpaired) electrons. The lowest BCUT2D eigenvalue weighted by molar-refractivity contribution is -0.116. The van der Waals surface area contributed by atoms with Crippen molar-refractivity contribution in [2.45, 2.75) is 52.6 Å². The van der Waals surface area contributed by atoms with Crippen molar-refractivity contribution in [3.8, 4) is 11.8 Å². The quantitative estimate of drug-likeness (QED) is 0.321. The Labute approximate surface area is 242 Å². The highest BCUT2D eigenvalue weighted by Crippen LogP contribution is 2.48. The molecule has 0 bridgehead atoms. The molecule has 1 aliphatic heterocycles. The third kappa shape index (κ3) is 4.97. The number of ketones is 1. The minimum atomic E-state index is -0.535. The third-order valence-corrected chi connectivity index (χ3v) is 8.44. The van der Waals surface area contributed by atoms with Crippen molar-refractivity contribution in [1.29, 1.82) is 5.26 Å². The molecule has 0 amide bonds. The van der Waals surface area contributed by atoms with Gasteiger partial charge in [-0.15, -0.1) is 0 Å². The van der Waals surface area contributed by atoms with E-state index in [1.807, 2.05) is 68.1 Å². The molecule has 1 unspecified atom stereocenters. The number of nitriles is 1. The zero-order valence-electron chi connectivity index (χ0n) is 22.1. The summed E-state index contributed by atoms with van der Waals surface area (Å²) >= 11 is 9.75. The van der Waals surface area contributed by atoms with E-state index < -0.39 is 5.92 Å². The monoisotopic (exact) mass is 601 g/mol. The van der Waals surface area contributed by atoms with Gasteiger partial charge in [-0.2, -0.15) is 5.26 Å². The van der Waals surface area contributed by atoms with E-state index >= 15 is 0 Å². The summed E-state index contributed by atoms with van der Waals surface area (Å²) in [4.78, 5) is 15.5. The molecule has 0 spiro atoms. The lowest BCUT2D eigenvalue weighted by atomic mass is 9.73. The Morgan fingerprint density at radius 2 is 1.90 bits per heavy atom.